The van der Waals surface area contributed by atoms with Crippen LogP contribution in [0.1, 0.15) is 11.1 Å². The van der Waals surface area contributed by atoms with Gasteiger partial charge in [-0.2, -0.15) is 0 Å². The minimum atomic E-state index is 0.811. The summed E-state index contributed by atoms with van der Waals surface area (Å²) in [6.07, 6.45) is 1.95. The van der Waals surface area contributed by atoms with E-state index in [4.69, 9.17) is 9.72 Å². The molecule has 0 aliphatic rings. The number of ether oxygens (including phenoxy) is 1. The van der Waals surface area contributed by atoms with Crippen LogP contribution in [0.2, 0.25) is 0 Å². The van der Waals surface area contributed by atoms with E-state index in [0.717, 1.165) is 39.3 Å². The zero-order chi connectivity index (χ0) is 19.5. The number of hydrogen-bond acceptors (Lipinski definition) is 2. The van der Waals surface area contributed by atoms with Crippen molar-refractivity contribution in [1.82, 2.24) is 4.98 Å². The molecule has 0 saturated heterocycles. The van der Waals surface area contributed by atoms with E-state index in [1.54, 1.807) is 7.11 Å². The van der Waals surface area contributed by atoms with Gasteiger partial charge in [-0.1, -0.05) is 71.8 Å². The van der Waals surface area contributed by atoms with E-state index in [1.807, 2.05) is 30.5 Å². The van der Waals surface area contributed by atoms with Crippen molar-refractivity contribution in [2.45, 2.75) is 13.8 Å². The van der Waals surface area contributed by atoms with Crippen LogP contribution in [0.4, 0.5) is 0 Å². The molecule has 0 fully saturated rings. The van der Waals surface area contributed by atoms with Gasteiger partial charge in [0.1, 0.15) is 5.75 Å². The lowest BCUT2D eigenvalue weighted by atomic mass is 9.93. The van der Waals surface area contributed by atoms with Crippen LogP contribution in [0.15, 0.2) is 79.0 Å². The van der Waals surface area contributed by atoms with Gasteiger partial charge in [-0.15, -0.1) is 0 Å². The van der Waals surface area contributed by atoms with Crippen LogP contribution in [0.5, 0.6) is 5.75 Å². The molecule has 137 valence electrons. The highest BCUT2D eigenvalue weighted by Gasteiger charge is 2.12. The fourth-order valence-electron chi connectivity index (χ4n) is 3.31. The Morgan fingerprint density at radius 2 is 1.50 bits per heavy atom. The van der Waals surface area contributed by atoms with Gasteiger partial charge in [0.05, 0.1) is 12.8 Å². The zero-order valence-corrected chi connectivity index (χ0v) is 16.4. The van der Waals surface area contributed by atoms with Gasteiger partial charge in [-0.05, 0) is 37.1 Å². The predicted molar refractivity (Wildman–Crippen MR) is 115 cm³/mol. The van der Waals surface area contributed by atoms with Gasteiger partial charge >= 0.3 is 0 Å². The minimum Gasteiger partial charge on any atom is -0.497 e. The lowest BCUT2D eigenvalue weighted by Crippen LogP contribution is -1.93. The van der Waals surface area contributed by atoms with Crippen LogP contribution in [0, 0.1) is 19.9 Å². The molecule has 0 saturated carbocycles. The summed E-state index contributed by atoms with van der Waals surface area (Å²) in [7, 11) is 1.68. The number of rotatable bonds is 4. The molecule has 28 heavy (non-hydrogen) atoms. The molecule has 0 N–H and O–H groups in total. The predicted octanol–water partition coefficient (Wildman–Crippen LogP) is 6.51. The number of aryl methyl sites for hydroxylation is 2. The lowest BCUT2D eigenvalue weighted by Gasteiger charge is -2.13. The Balaban J connectivity index is 1.90. The van der Waals surface area contributed by atoms with Gasteiger partial charge < -0.3 is 4.74 Å². The molecule has 0 amide bonds. The Morgan fingerprint density at radius 3 is 2.25 bits per heavy atom. The SMILES string of the molecule is COc1cccc(-c2[c]c(-c3ccc(C)cc3)c(-c3cccc(C)c3)cn2)c1. The highest BCUT2D eigenvalue weighted by Crippen LogP contribution is 2.35. The Kier molecular flexibility index (Phi) is 4.94. The molecule has 0 spiro atoms. The first-order valence-electron chi connectivity index (χ1n) is 9.35. The molecule has 4 aromatic rings. The largest absolute Gasteiger partial charge is 0.497 e. The maximum absolute atomic E-state index is 5.37. The molecule has 0 aliphatic heterocycles. The Hall–Kier alpha value is -3.39. The number of nitrogens with zero attached hydrogens (tertiary/aromatic N) is 1. The van der Waals surface area contributed by atoms with Crippen LogP contribution in [-0.2, 0) is 0 Å². The Labute approximate surface area is 166 Å². The topological polar surface area (TPSA) is 22.1 Å². The average Bonchev–Trinajstić information content (AvgIpc) is 2.74. The molecule has 0 bridgehead atoms. The van der Waals surface area contributed by atoms with Crippen molar-refractivity contribution in [1.29, 1.82) is 0 Å². The van der Waals surface area contributed by atoms with Gasteiger partial charge in [-0.25, -0.2) is 0 Å². The highest BCUT2D eigenvalue weighted by molar-refractivity contribution is 5.85. The molecule has 0 aliphatic carbocycles. The Morgan fingerprint density at radius 1 is 0.750 bits per heavy atom. The molecule has 1 heterocycles. The maximum atomic E-state index is 5.37. The van der Waals surface area contributed by atoms with Gasteiger partial charge in [0.25, 0.3) is 0 Å². The zero-order valence-electron chi connectivity index (χ0n) is 16.4. The Bertz CT molecular complexity index is 1110. The summed E-state index contributed by atoms with van der Waals surface area (Å²) in [5.74, 6) is 0.812. The van der Waals surface area contributed by atoms with Crippen molar-refractivity contribution in [3.05, 3.63) is 96.2 Å². The van der Waals surface area contributed by atoms with Crippen LogP contribution in [0.25, 0.3) is 33.5 Å². The normalized spacial score (nSPS) is 10.7. The van der Waals surface area contributed by atoms with Crippen molar-refractivity contribution in [2.75, 3.05) is 7.11 Å². The molecule has 3 aromatic carbocycles. The highest BCUT2D eigenvalue weighted by atomic mass is 16.5. The van der Waals surface area contributed by atoms with Crippen molar-refractivity contribution in [3.63, 3.8) is 0 Å². The van der Waals surface area contributed by atoms with E-state index in [0.29, 0.717) is 0 Å². The van der Waals surface area contributed by atoms with Crippen LogP contribution in [-0.4, -0.2) is 12.1 Å². The summed E-state index contributed by atoms with van der Waals surface area (Å²) in [6.45, 7) is 4.21. The van der Waals surface area contributed by atoms with Crippen molar-refractivity contribution < 1.29 is 4.74 Å². The van der Waals surface area contributed by atoms with Gasteiger partial charge in [-0.3, -0.25) is 4.98 Å². The van der Waals surface area contributed by atoms with E-state index in [9.17, 15) is 0 Å². The van der Waals surface area contributed by atoms with E-state index in [1.165, 1.54) is 11.1 Å². The summed E-state index contributed by atoms with van der Waals surface area (Å²) < 4.78 is 5.37. The van der Waals surface area contributed by atoms with Crippen molar-refractivity contribution >= 4 is 0 Å². The fourth-order valence-corrected chi connectivity index (χ4v) is 3.31. The van der Waals surface area contributed by atoms with E-state index < -0.39 is 0 Å². The first-order valence-corrected chi connectivity index (χ1v) is 9.35. The number of methoxy groups -OCH3 is 1. The maximum Gasteiger partial charge on any atom is 0.119 e. The molecule has 2 heteroatoms. The van der Waals surface area contributed by atoms with E-state index >= 15 is 0 Å². The van der Waals surface area contributed by atoms with Crippen LogP contribution in [0.3, 0.4) is 0 Å². The summed E-state index contributed by atoms with van der Waals surface area (Å²) in [5, 5.41) is 0. The van der Waals surface area contributed by atoms with Crippen molar-refractivity contribution in [3.8, 4) is 39.3 Å². The summed E-state index contributed by atoms with van der Waals surface area (Å²) in [4.78, 5) is 4.72. The van der Waals surface area contributed by atoms with E-state index in [-0.39, 0.29) is 0 Å². The number of aromatic nitrogens is 1. The standard InChI is InChI=1S/C26H22NO/c1-18-10-12-20(13-11-18)24-16-26(22-8-5-9-23(15-22)28-3)27-17-25(24)21-7-4-6-19(2)14-21/h4-15,17H,1-3H3. The summed E-state index contributed by atoms with van der Waals surface area (Å²) in [5.41, 5.74) is 8.68. The second kappa shape index (κ2) is 7.69. The third kappa shape index (κ3) is 3.67. The van der Waals surface area contributed by atoms with Crippen molar-refractivity contribution in [2.24, 2.45) is 0 Å². The molecule has 4 rings (SSSR count). The molecule has 1 aromatic heterocycles. The molecule has 0 atom stereocenters. The minimum absolute atomic E-state index is 0.811. The van der Waals surface area contributed by atoms with Crippen LogP contribution >= 0.6 is 0 Å². The average molecular weight is 364 g/mol. The second-order valence-electron chi connectivity index (χ2n) is 6.99. The number of benzene rings is 3. The first-order chi connectivity index (χ1) is 13.6. The third-order valence-electron chi connectivity index (χ3n) is 4.85. The molecule has 2 nitrogen and oxygen atoms in total. The van der Waals surface area contributed by atoms with Crippen LogP contribution < -0.4 is 4.74 Å². The molecular weight excluding hydrogens is 342 g/mol. The molecule has 0 unspecified atom stereocenters. The molecule has 1 radical (unpaired) electrons. The fraction of sp³-hybridized carbons (Fsp3) is 0.115. The lowest BCUT2D eigenvalue weighted by molar-refractivity contribution is 0.415. The first kappa shape index (κ1) is 18.0. The van der Waals surface area contributed by atoms with E-state index in [2.05, 4.69) is 68.4 Å². The quantitative estimate of drug-likeness (QED) is 0.412. The number of pyridine rings is 1. The second-order valence-corrected chi connectivity index (χ2v) is 6.99. The van der Waals surface area contributed by atoms with Gasteiger partial charge in [0.2, 0.25) is 0 Å². The monoisotopic (exact) mass is 364 g/mol. The summed E-state index contributed by atoms with van der Waals surface area (Å²) in [6, 6.07) is 28.6. The number of hydrogen-bond donors (Lipinski definition) is 0. The molecular formula is C26H22NO. The van der Waals surface area contributed by atoms with Gasteiger partial charge in [0.15, 0.2) is 0 Å². The third-order valence-corrected chi connectivity index (χ3v) is 4.85. The smallest absolute Gasteiger partial charge is 0.119 e. The summed E-state index contributed by atoms with van der Waals surface area (Å²) >= 11 is 0. The van der Waals surface area contributed by atoms with Gasteiger partial charge in [0, 0.05) is 29.0 Å².